The van der Waals surface area contributed by atoms with Gasteiger partial charge in [-0.05, 0) is 48.4 Å². The van der Waals surface area contributed by atoms with Gasteiger partial charge in [-0.3, -0.25) is 4.79 Å². The molecule has 0 unspecified atom stereocenters. The highest BCUT2D eigenvalue weighted by molar-refractivity contribution is 7.89. The lowest BCUT2D eigenvalue weighted by atomic mass is 10.1. The largest absolute Gasteiger partial charge is 0.495 e. The van der Waals surface area contributed by atoms with Gasteiger partial charge in [0.15, 0.2) is 0 Å². The summed E-state index contributed by atoms with van der Waals surface area (Å²) in [6.07, 6.45) is -4.33. The van der Waals surface area contributed by atoms with Crippen LogP contribution in [0.3, 0.4) is 0 Å². The SMILES string of the molecule is COc1ccc(C(=O)Nc2ccc(Cl)cc2C(F)(F)F)cc1S(=O)(=O)NCCc1ccccc1. The van der Waals surface area contributed by atoms with Crippen LogP contribution < -0.4 is 14.8 Å². The van der Waals surface area contributed by atoms with Gasteiger partial charge in [-0.25, -0.2) is 13.1 Å². The van der Waals surface area contributed by atoms with Crippen LogP contribution in [0.5, 0.6) is 5.75 Å². The summed E-state index contributed by atoms with van der Waals surface area (Å²) in [6, 6.07) is 15.7. The number of nitrogens with one attached hydrogen (secondary N) is 2. The summed E-state index contributed by atoms with van der Waals surface area (Å²) in [5, 5.41) is 2.02. The van der Waals surface area contributed by atoms with Crippen LogP contribution in [0, 0.1) is 0 Å². The van der Waals surface area contributed by atoms with Gasteiger partial charge in [0.05, 0.1) is 18.4 Å². The van der Waals surface area contributed by atoms with E-state index in [9.17, 15) is 26.4 Å². The summed E-state index contributed by atoms with van der Waals surface area (Å²) in [7, 11) is -2.83. The molecule has 11 heteroatoms. The van der Waals surface area contributed by atoms with Crippen LogP contribution >= 0.6 is 11.6 Å². The Morgan fingerprint density at radius 2 is 1.74 bits per heavy atom. The molecule has 0 atom stereocenters. The number of ether oxygens (including phenoxy) is 1. The van der Waals surface area contributed by atoms with Gasteiger partial charge in [0, 0.05) is 17.1 Å². The van der Waals surface area contributed by atoms with Gasteiger partial charge in [-0.15, -0.1) is 0 Å². The van der Waals surface area contributed by atoms with Crippen molar-refractivity contribution in [1.29, 1.82) is 0 Å². The Morgan fingerprint density at radius 1 is 1.03 bits per heavy atom. The van der Waals surface area contributed by atoms with E-state index in [2.05, 4.69) is 10.0 Å². The third-order valence-electron chi connectivity index (χ3n) is 4.80. The molecule has 0 aromatic heterocycles. The minimum Gasteiger partial charge on any atom is -0.495 e. The maximum absolute atomic E-state index is 13.3. The van der Waals surface area contributed by atoms with Crippen LogP contribution in [-0.4, -0.2) is 28.0 Å². The molecule has 0 saturated heterocycles. The fourth-order valence-corrected chi connectivity index (χ4v) is 4.53. The Morgan fingerprint density at radius 3 is 2.38 bits per heavy atom. The Balaban J connectivity index is 1.84. The second-order valence-corrected chi connectivity index (χ2v) is 9.31. The van der Waals surface area contributed by atoms with E-state index in [-0.39, 0.29) is 27.8 Å². The van der Waals surface area contributed by atoms with Crippen molar-refractivity contribution >= 4 is 33.2 Å². The van der Waals surface area contributed by atoms with Gasteiger partial charge in [-0.1, -0.05) is 41.9 Å². The molecule has 3 aromatic carbocycles. The van der Waals surface area contributed by atoms with E-state index in [1.54, 1.807) is 0 Å². The number of halogens is 4. The third-order valence-corrected chi connectivity index (χ3v) is 6.52. The highest BCUT2D eigenvalue weighted by Gasteiger charge is 2.34. The van der Waals surface area contributed by atoms with Crippen LogP contribution in [0.2, 0.25) is 5.02 Å². The maximum atomic E-state index is 13.3. The van der Waals surface area contributed by atoms with E-state index in [1.807, 2.05) is 30.3 Å². The van der Waals surface area contributed by atoms with Crippen molar-refractivity contribution in [3.63, 3.8) is 0 Å². The molecule has 0 aliphatic carbocycles. The maximum Gasteiger partial charge on any atom is 0.418 e. The van der Waals surface area contributed by atoms with Crippen LogP contribution in [0.4, 0.5) is 18.9 Å². The van der Waals surface area contributed by atoms with Gasteiger partial charge in [0.25, 0.3) is 5.91 Å². The van der Waals surface area contributed by atoms with Crippen molar-refractivity contribution < 1.29 is 31.1 Å². The minimum absolute atomic E-state index is 0.0220. The number of alkyl halides is 3. The third kappa shape index (κ3) is 6.28. The highest BCUT2D eigenvalue weighted by atomic mass is 35.5. The quantitative estimate of drug-likeness (QED) is 0.437. The first kappa shape index (κ1) is 25.5. The van der Waals surface area contributed by atoms with E-state index < -0.39 is 33.4 Å². The second-order valence-electron chi connectivity index (χ2n) is 7.14. The summed E-state index contributed by atoms with van der Waals surface area (Å²) in [6.45, 7) is 0.0889. The number of carbonyl (C=O) groups excluding carboxylic acids is 1. The lowest BCUT2D eigenvalue weighted by Crippen LogP contribution is -2.27. The molecule has 3 rings (SSSR count). The van der Waals surface area contributed by atoms with Gasteiger partial charge in [0.2, 0.25) is 10.0 Å². The summed E-state index contributed by atoms with van der Waals surface area (Å²) in [5.74, 6) is -0.956. The number of carbonyl (C=O) groups is 1. The first-order valence-corrected chi connectivity index (χ1v) is 11.8. The molecule has 0 aliphatic rings. The molecule has 0 fully saturated rings. The molecule has 0 saturated carbocycles. The van der Waals surface area contributed by atoms with Crippen LogP contribution in [-0.2, 0) is 22.6 Å². The first-order chi connectivity index (χ1) is 16.0. The number of benzene rings is 3. The molecule has 3 aromatic rings. The van der Waals surface area contributed by atoms with E-state index in [4.69, 9.17) is 16.3 Å². The fraction of sp³-hybridized carbons (Fsp3) is 0.174. The average Bonchev–Trinajstić information content (AvgIpc) is 2.79. The molecule has 180 valence electrons. The van der Waals surface area contributed by atoms with Crippen molar-refractivity contribution in [2.24, 2.45) is 0 Å². The number of sulfonamides is 1. The van der Waals surface area contributed by atoms with E-state index >= 15 is 0 Å². The summed E-state index contributed by atoms with van der Waals surface area (Å²) in [5.41, 5.74) is -0.888. The normalized spacial score (nSPS) is 11.8. The highest BCUT2D eigenvalue weighted by Crippen LogP contribution is 2.37. The van der Waals surface area contributed by atoms with Gasteiger partial charge in [0.1, 0.15) is 10.6 Å². The van der Waals surface area contributed by atoms with Gasteiger partial charge in [-0.2, -0.15) is 13.2 Å². The number of rotatable bonds is 8. The molecule has 34 heavy (non-hydrogen) atoms. The second kappa shape index (κ2) is 10.5. The standard InChI is InChI=1S/C23H20ClF3N2O4S/c1-33-20-10-7-16(22(30)29-19-9-8-17(24)14-18(19)23(25,26)27)13-21(20)34(31,32)28-12-11-15-5-3-2-4-6-15/h2-10,13-14,28H,11-12H2,1H3,(H,29,30). The van der Waals surface area contributed by atoms with Gasteiger partial charge < -0.3 is 10.1 Å². The summed E-state index contributed by atoms with van der Waals surface area (Å²) >= 11 is 5.66. The predicted octanol–water partition coefficient (Wildman–Crippen LogP) is 5.14. The van der Waals surface area contributed by atoms with Crippen molar-refractivity contribution in [3.05, 3.63) is 88.4 Å². The zero-order chi connectivity index (χ0) is 24.9. The Hall–Kier alpha value is -3.08. The van der Waals surface area contributed by atoms with Crippen LogP contribution in [0.15, 0.2) is 71.6 Å². The number of amides is 1. The van der Waals surface area contributed by atoms with Crippen molar-refractivity contribution in [1.82, 2.24) is 4.72 Å². The molecule has 0 bridgehead atoms. The molecule has 0 spiro atoms. The Bertz CT molecular complexity index is 1280. The smallest absolute Gasteiger partial charge is 0.418 e. The van der Waals surface area contributed by atoms with Crippen LogP contribution in [0.25, 0.3) is 0 Å². The average molecular weight is 513 g/mol. The lowest BCUT2D eigenvalue weighted by molar-refractivity contribution is -0.136. The first-order valence-electron chi connectivity index (χ1n) is 9.91. The monoisotopic (exact) mass is 512 g/mol. The zero-order valence-corrected chi connectivity index (χ0v) is 19.4. The van der Waals surface area contributed by atoms with Gasteiger partial charge >= 0.3 is 6.18 Å². The van der Waals surface area contributed by atoms with E-state index in [0.29, 0.717) is 12.5 Å². The van der Waals surface area contributed by atoms with Crippen molar-refractivity contribution in [2.75, 3.05) is 19.0 Å². The molecule has 0 heterocycles. The lowest BCUT2D eigenvalue weighted by Gasteiger charge is -2.15. The number of hydrogen-bond donors (Lipinski definition) is 2. The zero-order valence-electron chi connectivity index (χ0n) is 17.8. The van der Waals surface area contributed by atoms with E-state index in [1.165, 1.54) is 25.3 Å². The van der Waals surface area contributed by atoms with E-state index in [0.717, 1.165) is 17.7 Å². The molecule has 0 radical (unpaired) electrons. The summed E-state index contributed by atoms with van der Waals surface area (Å²) in [4.78, 5) is 12.4. The number of anilines is 1. The predicted molar refractivity (Wildman–Crippen MR) is 123 cm³/mol. The molecule has 0 aliphatic heterocycles. The molecular weight excluding hydrogens is 493 g/mol. The number of methoxy groups -OCH3 is 1. The summed E-state index contributed by atoms with van der Waals surface area (Å²) < 4.78 is 73.3. The molecule has 2 N–H and O–H groups in total. The molecular formula is C23H20ClF3N2O4S. The van der Waals surface area contributed by atoms with Crippen molar-refractivity contribution in [3.8, 4) is 5.75 Å². The minimum atomic E-state index is -4.76. The fourth-order valence-electron chi connectivity index (χ4n) is 3.13. The Kier molecular flexibility index (Phi) is 7.86. The van der Waals surface area contributed by atoms with Crippen LogP contribution in [0.1, 0.15) is 21.5 Å². The molecule has 1 amide bonds. The number of hydrogen-bond acceptors (Lipinski definition) is 4. The molecule has 6 nitrogen and oxygen atoms in total. The topological polar surface area (TPSA) is 84.5 Å². The van der Waals surface area contributed by atoms with Crippen molar-refractivity contribution in [2.45, 2.75) is 17.5 Å². The Labute approximate surface area is 199 Å².